The Balaban J connectivity index is 2.38. The van der Waals surface area contributed by atoms with Crippen molar-refractivity contribution in [2.75, 3.05) is 33.4 Å². The van der Waals surface area contributed by atoms with Crippen molar-refractivity contribution < 1.29 is 21.6 Å². The van der Waals surface area contributed by atoms with Crippen molar-refractivity contribution in [3.05, 3.63) is 29.8 Å². The molecule has 0 N–H and O–H groups in total. The number of benzene rings is 1. The summed E-state index contributed by atoms with van der Waals surface area (Å²) in [6.07, 6.45) is 0. The molecule has 9 heteroatoms. The predicted octanol–water partition coefficient (Wildman–Crippen LogP) is -0.135. The van der Waals surface area contributed by atoms with Crippen molar-refractivity contribution in [1.82, 2.24) is 9.21 Å². The van der Waals surface area contributed by atoms with Gasteiger partial charge in [0, 0.05) is 21.1 Å². The summed E-state index contributed by atoms with van der Waals surface area (Å²) in [6, 6.07) is 6.08. The van der Waals surface area contributed by atoms with E-state index in [2.05, 4.69) is 0 Å². The summed E-state index contributed by atoms with van der Waals surface area (Å²) in [4.78, 5) is 13.0. The van der Waals surface area contributed by atoms with Crippen molar-refractivity contribution in [3.63, 3.8) is 0 Å². The second-order valence-corrected chi connectivity index (χ2v) is 9.62. The molecule has 0 radical (unpaired) electrons. The van der Waals surface area contributed by atoms with Gasteiger partial charge in [-0.1, -0.05) is 18.2 Å². The molecule has 0 saturated carbocycles. The Morgan fingerprint density at radius 1 is 1.23 bits per heavy atom. The molecule has 0 saturated heterocycles. The number of carbonyl (C=O) groups is 1. The van der Waals surface area contributed by atoms with Crippen molar-refractivity contribution in [3.8, 4) is 0 Å². The van der Waals surface area contributed by atoms with Crippen LogP contribution in [0.1, 0.15) is 10.8 Å². The zero-order chi connectivity index (χ0) is 16.7. The molecule has 1 aromatic rings. The molecule has 1 aromatic carbocycles. The average molecular weight is 346 g/mol. The normalized spacial score (nSPS) is 19.9. The van der Waals surface area contributed by atoms with Gasteiger partial charge in [0.1, 0.15) is 5.25 Å². The van der Waals surface area contributed by atoms with Gasteiger partial charge in [-0.05, 0) is 11.6 Å². The summed E-state index contributed by atoms with van der Waals surface area (Å²) >= 11 is 0. The minimum atomic E-state index is -3.95. The van der Waals surface area contributed by atoms with Crippen LogP contribution in [0.2, 0.25) is 0 Å². The molecular weight excluding hydrogens is 328 g/mol. The van der Waals surface area contributed by atoms with Gasteiger partial charge in [0.05, 0.1) is 17.2 Å². The molecule has 0 bridgehead atoms. The number of hydrogen-bond acceptors (Lipinski definition) is 5. The molecule has 2 rings (SSSR count). The molecule has 122 valence electrons. The molecule has 1 aliphatic heterocycles. The van der Waals surface area contributed by atoms with Crippen molar-refractivity contribution >= 4 is 25.8 Å². The van der Waals surface area contributed by atoms with Gasteiger partial charge in [0.2, 0.25) is 15.9 Å². The van der Waals surface area contributed by atoms with Gasteiger partial charge in [0.25, 0.3) is 0 Å². The molecule has 1 amide bonds. The Labute approximate surface area is 130 Å². The number of sulfone groups is 1. The third kappa shape index (κ3) is 2.88. The first-order valence-corrected chi connectivity index (χ1v) is 9.70. The minimum absolute atomic E-state index is 0.0518. The van der Waals surface area contributed by atoms with Gasteiger partial charge in [-0.2, -0.15) is 4.31 Å². The maximum Gasteiger partial charge on any atom is 0.237 e. The highest BCUT2D eigenvalue weighted by atomic mass is 32.2. The Hall–Kier alpha value is -1.45. The quantitative estimate of drug-likeness (QED) is 0.757. The maximum atomic E-state index is 12.6. The second-order valence-electron chi connectivity index (χ2n) is 5.40. The fourth-order valence-electron chi connectivity index (χ4n) is 2.29. The number of hydrogen-bond donors (Lipinski definition) is 0. The van der Waals surface area contributed by atoms with E-state index in [1.165, 1.54) is 38.2 Å². The summed E-state index contributed by atoms with van der Waals surface area (Å²) in [7, 11) is -3.23. The minimum Gasteiger partial charge on any atom is -0.348 e. The smallest absolute Gasteiger partial charge is 0.237 e. The topological polar surface area (TPSA) is 91.8 Å². The molecule has 0 spiro atoms. The lowest BCUT2D eigenvalue weighted by molar-refractivity contribution is -0.128. The highest BCUT2D eigenvalue weighted by molar-refractivity contribution is 7.95. The molecular formula is C13H18N2O5S2. The van der Waals surface area contributed by atoms with Crippen LogP contribution in [0.4, 0.5) is 0 Å². The van der Waals surface area contributed by atoms with Gasteiger partial charge < -0.3 is 4.90 Å². The predicted molar refractivity (Wildman–Crippen MR) is 81.5 cm³/mol. The van der Waals surface area contributed by atoms with Crippen LogP contribution in [0, 0.1) is 0 Å². The van der Waals surface area contributed by atoms with Crippen molar-refractivity contribution in [2.24, 2.45) is 0 Å². The lowest BCUT2D eigenvalue weighted by Crippen LogP contribution is -2.40. The van der Waals surface area contributed by atoms with E-state index in [1.54, 1.807) is 12.1 Å². The van der Waals surface area contributed by atoms with Gasteiger partial charge in [0.15, 0.2) is 9.84 Å². The Morgan fingerprint density at radius 3 is 2.41 bits per heavy atom. The van der Waals surface area contributed by atoms with Gasteiger partial charge in [-0.25, -0.2) is 16.8 Å². The monoisotopic (exact) mass is 346 g/mol. The van der Waals surface area contributed by atoms with E-state index in [0.29, 0.717) is 0 Å². The number of sulfonamides is 1. The Kier molecular flexibility index (Phi) is 4.33. The molecule has 0 unspecified atom stereocenters. The molecule has 1 heterocycles. The maximum absolute atomic E-state index is 12.6. The van der Waals surface area contributed by atoms with E-state index in [1.807, 2.05) is 0 Å². The van der Waals surface area contributed by atoms with Crippen LogP contribution in [-0.4, -0.2) is 65.4 Å². The van der Waals surface area contributed by atoms with Crippen LogP contribution < -0.4 is 0 Å². The number of likely N-dealkylation sites (N-methyl/N-ethyl adjacent to an activating group) is 2. The number of carbonyl (C=O) groups excluding carboxylic acids is 1. The molecule has 0 aromatic heterocycles. The summed E-state index contributed by atoms with van der Waals surface area (Å²) in [6.45, 7) is -0.325. The average Bonchev–Trinajstić information content (AvgIpc) is 2.71. The van der Waals surface area contributed by atoms with Gasteiger partial charge in [-0.3, -0.25) is 4.79 Å². The Morgan fingerprint density at radius 2 is 1.82 bits per heavy atom. The van der Waals surface area contributed by atoms with E-state index in [-0.39, 0.29) is 22.9 Å². The molecule has 1 aliphatic rings. The molecule has 0 aliphatic carbocycles. The first-order valence-electron chi connectivity index (χ1n) is 6.54. The number of nitrogens with zero attached hydrogens (tertiary/aromatic N) is 2. The van der Waals surface area contributed by atoms with Crippen LogP contribution in [0.3, 0.4) is 0 Å². The van der Waals surface area contributed by atoms with Crippen LogP contribution in [-0.2, 0) is 24.7 Å². The summed E-state index contributed by atoms with van der Waals surface area (Å²) < 4.78 is 50.4. The van der Waals surface area contributed by atoms with E-state index >= 15 is 0 Å². The first kappa shape index (κ1) is 16.9. The molecule has 1 atom stereocenters. The second kappa shape index (κ2) is 5.64. The van der Waals surface area contributed by atoms with Crippen LogP contribution >= 0.6 is 0 Å². The highest BCUT2D eigenvalue weighted by Crippen LogP contribution is 2.39. The van der Waals surface area contributed by atoms with Gasteiger partial charge in [-0.15, -0.1) is 0 Å². The van der Waals surface area contributed by atoms with E-state index in [9.17, 15) is 21.6 Å². The van der Waals surface area contributed by atoms with E-state index in [4.69, 9.17) is 0 Å². The lowest BCUT2D eigenvalue weighted by Gasteiger charge is -2.22. The summed E-state index contributed by atoms with van der Waals surface area (Å²) in [5.41, 5.74) is 0.270. The fourth-order valence-corrected chi connectivity index (χ4v) is 6.46. The fraction of sp³-hybridized carbons (Fsp3) is 0.462. The Bertz CT molecular complexity index is 799. The SMILES string of the molecule is CN(C)C(=O)CN(C)S(=O)(=O)[C@@H]1CS(=O)(=O)c2ccccc21. The van der Waals surface area contributed by atoms with Crippen LogP contribution in [0.25, 0.3) is 0 Å². The number of rotatable bonds is 4. The van der Waals surface area contributed by atoms with Gasteiger partial charge >= 0.3 is 0 Å². The molecule has 7 nitrogen and oxygen atoms in total. The summed E-state index contributed by atoms with van der Waals surface area (Å²) in [5.74, 6) is -0.866. The zero-order valence-corrected chi connectivity index (χ0v) is 14.2. The first-order chi connectivity index (χ1) is 10.1. The standard InChI is InChI=1S/C13H18N2O5S2/c1-14(2)13(16)8-15(3)22(19,20)12-9-21(17,18)11-7-5-4-6-10(11)12/h4-7,12H,8-9H2,1-3H3/t12-/m1/s1. The van der Waals surface area contributed by atoms with Crippen molar-refractivity contribution in [1.29, 1.82) is 0 Å². The van der Waals surface area contributed by atoms with E-state index in [0.717, 1.165) is 4.31 Å². The number of fused-ring (bicyclic) bond motifs is 1. The van der Waals surface area contributed by atoms with Crippen LogP contribution in [0.15, 0.2) is 29.2 Å². The molecule has 22 heavy (non-hydrogen) atoms. The lowest BCUT2D eigenvalue weighted by atomic mass is 10.2. The molecule has 0 fully saturated rings. The van der Waals surface area contributed by atoms with Crippen LogP contribution in [0.5, 0.6) is 0 Å². The third-order valence-corrected chi connectivity index (χ3v) is 7.79. The zero-order valence-electron chi connectivity index (χ0n) is 12.6. The summed E-state index contributed by atoms with van der Waals surface area (Å²) in [5, 5.41) is -1.17. The largest absolute Gasteiger partial charge is 0.348 e. The highest BCUT2D eigenvalue weighted by Gasteiger charge is 2.44. The van der Waals surface area contributed by atoms with E-state index < -0.39 is 30.9 Å². The third-order valence-electron chi connectivity index (χ3n) is 3.62. The van der Waals surface area contributed by atoms with Crippen molar-refractivity contribution in [2.45, 2.75) is 10.1 Å². The number of amides is 1.